The monoisotopic (exact) mass is 359 g/mol. The second-order valence-corrected chi connectivity index (χ2v) is 6.02. The Balaban J connectivity index is 1.91. The van der Waals surface area contributed by atoms with Gasteiger partial charge in [-0.05, 0) is 47.9 Å². The summed E-state index contributed by atoms with van der Waals surface area (Å²) < 4.78 is 10.5. The molecule has 0 aromatic heterocycles. The highest BCUT2D eigenvalue weighted by Crippen LogP contribution is 2.27. The van der Waals surface area contributed by atoms with Crippen LogP contribution >= 0.6 is 11.6 Å². The fourth-order valence-electron chi connectivity index (χ4n) is 2.31. The predicted molar refractivity (Wildman–Crippen MR) is 101 cm³/mol. The van der Waals surface area contributed by atoms with Crippen molar-refractivity contribution in [2.45, 2.75) is 6.42 Å². The first-order valence-corrected chi connectivity index (χ1v) is 8.31. The van der Waals surface area contributed by atoms with Crippen LogP contribution in [0.25, 0.3) is 6.08 Å². The molecule has 25 heavy (non-hydrogen) atoms. The third kappa shape index (κ3) is 5.54. The second-order valence-electron chi connectivity index (χ2n) is 5.58. The molecule has 0 N–H and O–H groups in total. The number of ether oxygens (including phenoxy) is 2. The van der Waals surface area contributed by atoms with Crippen LogP contribution in [0.2, 0.25) is 5.02 Å². The van der Waals surface area contributed by atoms with Gasteiger partial charge in [0.2, 0.25) is 5.91 Å². The van der Waals surface area contributed by atoms with Gasteiger partial charge < -0.3 is 14.4 Å². The number of carbonyl (C=O) groups is 1. The molecule has 132 valence electrons. The number of nitrogens with zero attached hydrogens (tertiary/aromatic N) is 1. The summed E-state index contributed by atoms with van der Waals surface area (Å²) in [6.07, 6.45) is 4.08. The van der Waals surface area contributed by atoms with E-state index in [1.165, 1.54) is 0 Å². The molecule has 2 aromatic carbocycles. The minimum Gasteiger partial charge on any atom is -0.493 e. The first-order valence-electron chi connectivity index (χ1n) is 7.93. The number of hydrogen-bond donors (Lipinski definition) is 0. The van der Waals surface area contributed by atoms with Crippen LogP contribution in [0.4, 0.5) is 0 Å². The van der Waals surface area contributed by atoms with Gasteiger partial charge in [0, 0.05) is 24.7 Å². The summed E-state index contributed by atoms with van der Waals surface area (Å²) in [7, 11) is 5.01. The van der Waals surface area contributed by atoms with E-state index in [4.69, 9.17) is 21.1 Å². The van der Waals surface area contributed by atoms with Gasteiger partial charge in [-0.25, -0.2) is 0 Å². The van der Waals surface area contributed by atoms with Crippen LogP contribution in [0.3, 0.4) is 0 Å². The minimum atomic E-state index is -0.0459. The lowest BCUT2D eigenvalue weighted by Crippen LogP contribution is -2.27. The maximum Gasteiger partial charge on any atom is 0.246 e. The predicted octanol–water partition coefficient (Wildman–Crippen LogP) is 4.07. The summed E-state index contributed by atoms with van der Waals surface area (Å²) >= 11 is 5.85. The molecule has 1 amide bonds. The van der Waals surface area contributed by atoms with Crippen LogP contribution in [0.15, 0.2) is 48.5 Å². The lowest BCUT2D eigenvalue weighted by Gasteiger charge is -2.16. The van der Waals surface area contributed by atoms with Gasteiger partial charge in [-0.3, -0.25) is 4.79 Å². The van der Waals surface area contributed by atoms with E-state index in [0.717, 1.165) is 17.5 Å². The summed E-state index contributed by atoms with van der Waals surface area (Å²) in [6.45, 7) is 0.610. The fourth-order valence-corrected chi connectivity index (χ4v) is 2.44. The summed E-state index contributed by atoms with van der Waals surface area (Å²) in [5.74, 6) is 1.34. The largest absolute Gasteiger partial charge is 0.493 e. The van der Waals surface area contributed by atoms with Crippen molar-refractivity contribution in [1.29, 1.82) is 0 Å². The molecule has 2 rings (SSSR count). The van der Waals surface area contributed by atoms with Gasteiger partial charge in [-0.15, -0.1) is 0 Å². The third-order valence-corrected chi connectivity index (χ3v) is 4.10. The number of carbonyl (C=O) groups excluding carboxylic acids is 1. The number of benzene rings is 2. The van der Waals surface area contributed by atoms with E-state index in [1.54, 1.807) is 50.5 Å². The van der Waals surface area contributed by atoms with Gasteiger partial charge in [0.1, 0.15) is 0 Å². The average Bonchev–Trinajstić information content (AvgIpc) is 2.65. The highest BCUT2D eigenvalue weighted by Gasteiger charge is 2.08. The van der Waals surface area contributed by atoms with Gasteiger partial charge in [-0.2, -0.15) is 0 Å². The van der Waals surface area contributed by atoms with Gasteiger partial charge in [0.15, 0.2) is 11.5 Å². The summed E-state index contributed by atoms with van der Waals surface area (Å²) in [5.41, 5.74) is 2.02. The molecular formula is C20H22ClNO3. The van der Waals surface area contributed by atoms with Crippen molar-refractivity contribution in [1.82, 2.24) is 4.90 Å². The molecule has 0 heterocycles. The van der Waals surface area contributed by atoms with E-state index in [0.29, 0.717) is 23.1 Å². The third-order valence-electron chi connectivity index (χ3n) is 3.85. The maximum absolute atomic E-state index is 12.2. The molecule has 0 aliphatic carbocycles. The Morgan fingerprint density at radius 1 is 1.08 bits per heavy atom. The standard InChI is InChI=1S/C20H22ClNO3/c1-22(20(23)11-7-15-4-8-17(21)9-5-15)13-12-16-6-10-18(24-2)19(14-16)25-3/h4-11,14H,12-13H2,1-3H3/b11-7+. The number of rotatable bonds is 7. The first kappa shape index (κ1) is 18.9. The molecule has 0 unspecified atom stereocenters. The van der Waals surface area contributed by atoms with Crippen molar-refractivity contribution < 1.29 is 14.3 Å². The zero-order valence-electron chi connectivity index (χ0n) is 14.7. The lowest BCUT2D eigenvalue weighted by atomic mass is 10.1. The minimum absolute atomic E-state index is 0.0459. The van der Waals surface area contributed by atoms with Gasteiger partial charge in [-0.1, -0.05) is 29.8 Å². The number of amides is 1. The highest BCUT2D eigenvalue weighted by molar-refractivity contribution is 6.30. The summed E-state index contributed by atoms with van der Waals surface area (Å²) in [6, 6.07) is 13.1. The van der Waals surface area contributed by atoms with Crippen LogP contribution < -0.4 is 9.47 Å². The lowest BCUT2D eigenvalue weighted by molar-refractivity contribution is -0.124. The van der Waals surface area contributed by atoms with Crippen LogP contribution in [0.1, 0.15) is 11.1 Å². The number of methoxy groups -OCH3 is 2. The zero-order valence-corrected chi connectivity index (χ0v) is 15.4. The van der Waals surface area contributed by atoms with E-state index in [-0.39, 0.29) is 5.91 Å². The van der Waals surface area contributed by atoms with Crippen LogP contribution in [-0.4, -0.2) is 38.6 Å². The normalized spacial score (nSPS) is 10.7. The molecule has 0 atom stereocenters. The van der Waals surface area contributed by atoms with E-state index in [2.05, 4.69) is 0 Å². The van der Waals surface area contributed by atoms with Gasteiger partial charge >= 0.3 is 0 Å². The van der Waals surface area contributed by atoms with Crippen molar-refractivity contribution >= 4 is 23.6 Å². The Bertz CT molecular complexity index is 741. The van der Waals surface area contributed by atoms with Crippen molar-refractivity contribution in [3.05, 3.63) is 64.7 Å². The molecule has 0 saturated heterocycles. The van der Waals surface area contributed by atoms with Crippen LogP contribution in [0.5, 0.6) is 11.5 Å². The Morgan fingerprint density at radius 2 is 1.76 bits per heavy atom. The van der Waals surface area contributed by atoms with Gasteiger partial charge in [0.25, 0.3) is 0 Å². The van der Waals surface area contributed by atoms with E-state index in [1.807, 2.05) is 30.3 Å². The van der Waals surface area contributed by atoms with E-state index in [9.17, 15) is 4.79 Å². The molecule has 0 aliphatic rings. The molecular weight excluding hydrogens is 338 g/mol. The molecule has 4 nitrogen and oxygen atoms in total. The van der Waals surface area contributed by atoms with Crippen molar-refractivity contribution in [2.24, 2.45) is 0 Å². The topological polar surface area (TPSA) is 38.8 Å². The molecule has 0 spiro atoms. The van der Waals surface area contributed by atoms with Crippen LogP contribution in [0, 0.1) is 0 Å². The van der Waals surface area contributed by atoms with Crippen molar-refractivity contribution in [2.75, 3.05) is 27.8 Å². The zero-order chi connectivity index (χ0) is 18.2. The molecule has 0 saturated carbocycles. The van der Waals surface area contributed by atoms with Crippen molar-refractivity contribution in [3.63, 3.8) is 0 Å². The number of hydrogen-bond acceptors (Lipinski definition) is 3. The fraction of sp³-hybridized carbons (Fsp3) is 0.250. The number of likely N-dealkylation sites (N-methyl/N-ethyl adjacent to an activating group) is 1. The van der Waals surface area contributed by atoms with Crippen LogP contribution in [-0.2, 0) is 11.2 Å². The Hall–Kier alpha value is -2.46. The highest BCUT2D eigenvalue weighted by atomic mass is 35.5. The summed E-state index contributed by atoms with van der Waals surface area (Å²) in [5, 5.41) is 0.676. The first-order chi connectivity index (χ1) is 12.0. The number of halogens is 1. The summed E-state index contributed by atoms with van der Waals surface area (Å²) in [4.78, 5) is 13.9. The maximum atomic E-state index is 12.2. The second kappa shape index (κ2) is 9.14. The Kier molecular flexibility index (Phi) is 6.90. The van der Waals surface area contributed by atoms with E-state index < -0.39 is 0 Å². The van der Waals surface area contributed by atoms with Crippen molar-refractivity contribution in [3.8, 4) is 11.5 Å². The van der Waals surface area contributed by atoms with E-state index >= 15 is 0 Å². The molecule has 0 fully saturated rings. The Labute approximate surface area is 153 Å². The Morgan fingerprint density at radius 3 is 2.40 bits per heavy atom. The molecule has 5 heteroatoms. The quantitative estimate of drug-likeness (QED) is 0.699. The molecule has 2 aromatic rings. The average molecular weight is 360 g/mol. The SMILES string of the molecule is COc1ccc(CCN(C)C(=O)/C=C/c2ccc(Cl)cc2)cc1OC. The molecule has 0 radical (unpaired) electrons. The molecule has 0 aliphatic heterocycles. The smallest absolute Gasteiger partial charge is 0.246 e. The van der Waals surface area contributed by atoms with Gasteiger partial charge in [0.05, 0.1) is 14.2 Å². The molecule has 0 bridgehead atoms.